The van der Waals surface area contributed by atoms with Gasteiger partial charge in [0, 0.05) is 28.2 Å². The number of hydrogen-bond acceptors (Lipinski definition) is 2. The Morgan fingerprint density at radius 1 is 1.26 bits per heavy atom. The van der Waals surface area contributed by atoms with E-state index in [1.165, 1.54) is 28.7 Å². The first-order valence-corrected chi connectivity index (χ1v) is 7.14. The van der Waals surface area contributed by atoms with Crippen molar-refractivity contribution in [3.8, 4) is 0 Å². The van der Waals surface area contributed by atoms with Crippen LogP contribution in [0, 0.1) is 6.92 Å². The summed E-state index contributed by atoms with van der Waals surface area (Å²) in [6.45, 7) is 7.80. The number of hydrogen-bond donors (Lipinski definition) is 3. The van der Waals surface area contributed by atoms with Crippen LogP contribution >= 0.6 is 0 Å². The van der Waals surface area contributed by atoms with Gasteiger partial charge in [0.1, 0.15) is 0 Å². The summed E-state index contributed by atoms with van der Waals surface area (Å²) >= 11 is 0. The minimum Gasteiger partial charge on any atom is -0.380 e. The van der Waals surface area contributed by atoms with Gasteiger partial charge in [0.05, 0.1) is 5.69 Å². The third-order valence-electron chi connectivity index (χ3n) is 4.10. The molecule has 1 unspecified atom stereocenters. The van der Waals surface area contributed by atoms with E-state index in [0.29, 0.717) is 6.04 Å². The first kappa shape index (κ1) is 12.5. The van der Waals surface area contributed by atoms with E-state index in [0.717, 1.165) is 13.0 Å². The molecule has 1 aromatic carbocycles. The van der Waals surface area contributed by atoms with E-state index in [1.54, 1.807) is 0 Å². The fourth-order valence-electron chi connectivity index (χ4n) is 3.16. The molecule has 2 aromatic rings. The van der Waals surface area contributed by atoms with Crippen LogP contribution in [-0.4, -0.2) is 23.1 Å². The Bertz CT molecular complexity index is 583. The highest BCUT2D eigenvalue weighted by molar-refractivity contribution is 5.94. The van der Waals surface area contributed by atoms with Crippen LogP contribution in [-0.2, 0) is 0 Å². The number of nitrogens with one attached hydrogen (secondary N) is 3. The number of H-pyrrole nitrogens is 1. The molecule has 19 heavy (non-hydrogen) atoms. The van der Waals surface area contributed by atoms with Crippen LogP contribution in [0.3, 0.4) is 0 Å². The molecule has 0 saturated carbocycles. The highest BCUT2D eigenvalue weighted by Gasteiger charge is 2.27. The number of benzene rings is 1. The summed E-state index contributed by atoms with van der Waals surface area (Å²) in [7, 11) is 0. The van der Waals surface area contributed by atoms with Crippen molar-refractivity contribution in [3.05, 3.63) is 30.0 Å². The Morgan fingerprint density at radius 3 is 2.84 bits per heavy atom. The lowest BCUT2D eigenvalue weighted by molar-refractivity contribution is 0.286. The van der Waals surface area contributed by atoms with Gasteiger partial charge in [-0.3, -0.25) is 0 Å². The zero-order valence-electron chi connectivity index (χ0n) is 12.0. The van der Waals surface area contributed by atoms with E-state index in [2.05, 4.69) is 60.7 Å². The predicted molar refractivity (Wildman–Crippen MR) is 81.8 cm³/mol. The van der Waals surface area contributed by atoms with Gasteiger partial charge in [0.25, 0.3) is 0 Å². The van der Waals surface area contributed by atoms with E-state index >= 15 is 0 Å². The molecule has 3 nitrogen and oxygen atoms in total. The molecule has 0 radical (unpaired) electrons. The molecular weight excluding hydrogens is 234 g/mol. The molecule has 1 aliphatic rings. The highest BCUT2D eigenvalue weighted by Crippen LogP contribution is 2.30. The van der Waals surface area contributed by atoms with Crippen LogP contribution in [0.4, 0.5) is 5.69 Å². The third kappa shape index (κ3) is 2.47. The van der Waals surface area contributed by atoms with Crippen molar-refractivity contribution in [3.63, 3.8) is 0 Å². The number of para-hydroxylation sites is 1. The summed E-state index contributed by atoms with van der Waals surface area (Å²) in [6.07, 6.45) is 2.34. The second-order valence-corrected chi connectivity index (χ2v) is 6.32. The number of aromatic nitrogens is 1. The van der Waals surface area contributed by atoms with Crippen molar-refractivity contribution in [1.82, 2.24) is 10.3 Å². The Hall–Kier alpha value is -1.48. The second kappa shape index (κ2) is 4.57. The van der Waals surface area contributed by atoms with Gasteiger partial charge in [0.2, 0.25) is 0 Å². The van der Waals surface area contributed by atoms with Crippen LogP contribution in [0.2, 0.25) is 0 Å². The Morgan fingerprint density at radius 2 is 2.05 bits per heavy atom. The largest absolute Gasteiger partial charge is 0.380 e. The summed E-state index contributed by atoms with van der Waals surface area (Å²) in [5.41, 5.74) is 3.96. The van der Waals surface area contributed by atoms with Crippen molar-refractivity contribution in [2.75, 3.05) is 11.9 Å². The van der Waals surface area contributed by atoms with Crippen LogP contribution < -0.4 is 10.6 Å². The zero-order chi connectivity index (χ0) is 13.5. The maximum atomic E-state index is 3.76. The molecule has 0 amide bonds. The monoisotopic (exact) mass is 257 g/mol. The van der Waals surface area contributed by atoms with E-state index in [9.17, 15) is 0 Å². The first-order valence-electron chi connectivity index (χ1n) is 7.14. The van der Waals surface area contributed by atoms with Gasteiger partial charge in [-0.15, -0.1) is 0 Å². The van der Waals surface area contributed by atoms with Gasteiger partial charge in [-0.2, -0.15) is 0 Å². The molecule has 1 fully saturated rings. The Labute approximate surface area is 114 Å². The summed E-state index contributed by atoms with van der Waals surface area (Å²) in [4.78, 5) is 3.46. The standard InChI is InChI=1S/C16H23N3/c1-11-15(13-6-4-5-7-14(13)18-11)19-12-8-9-17-16(2,3)10-12/h4-7,12,17-19H,8-10H2,1-3H3. The SMILES string of the molecule is Cc1[nH]c2ccccc2c1NC1CCNC(C)(C)C1. The van der Waals surface area contributed by atoms with Gasteiger partial charge in [-0.05, 0) is 46.2 Å². The maximum Gasteiger partial charge on any atom is 0.0630 e. The number of aromatic amines is 1. The van der Waals surface area contributed by atoms with Gasteiger partial charge in [0.15, 0.2) is 0 Å². The molecule has 102 valence electrons. The summed E-state index contributed by atoms with van der Waals surface area (Å²) in [5.74, 6) is 0. The molecule has 0 bridgehead atoms. The van der Waals surface area contributed by atoms with Crippen molar-refractivity contribution in [2.24, 2.45) is 0 Å². The Kier molecular flexibility index (Phi) is 3.02. The Balaban J connectivity index is 1.87. The summed E-state index contributed by atoms with van der Waals surface area (Å²) < 4.78 is 0. The van der Waals surface area contributed by atoms with E-state index in [1.807, 2.05) is 0 Å². The topological polar surface area (TPSA) is 39.9 Å². The van der Waals surface area contributed by atoms with Crippen molar-refractivity contribution >= 4 is 16.6 Å². The number of anilines is 1. The van der Waals surface area contributed by atoms with Gasteiger partial charge in [-0.25, -0.2) is 0 Å². The van der Waals surface area contributed by atoms with Crippen molar-refractivity contribution < 1.29 is 0 Å². The second-order valence-electron chi connectivity index (χ2n) is 6.32. The average molecular weight is 257 g/mol. The summed E-state index contributed by atoms with van der Waals surface area (Å²) in [6, 6.07) is 9.06. The normalized spacial score (nSPS) is 22.6. The molecular formula is C16H23N3. The van der Waals surface area contributed by atoms with Crippen LogP contribution in [0.5, 0.6) is 0 Å². The van der Waals surface area contributed by atoms with E-state index < -0.39 is 0 Å². The lowest BCUT2D eigenvalue weighted by atomic mass is 9.89. The smallest absolute Gasteiger partial charge is 0.0630 e. The van der Waals surface area contributed by atoms with E-state index in [4.69, 9.17) is 0 Å². The van der Waals surface area contributed by atoms with Crippen molar-refractivity contribution in [2.45, 2.75) is 45.2 Å². The molecule has 0 aliphatic carbocycles. The molecule has 1 atom stereocenters. The molecule has 0 spiro atoms. The molecule has 3 N–H and O–H groups in total. The first-order chi connectivity index (χ1) is 9.05. The van der Waals surface area contributed by atoms with E-state index in [-0.39, 0.29) is 5.54 Å². The lowest BCUT2D eigenvalue weighted by Crippen LogP contribution is -2.50. The lowest BCUT2D eigenvalue weighted by Gasteiger charge is -2.37. The fourth-order valence-corrected chi connectivity index (χ4v) is 3.16. The maximum absolute atomic E-state index is 3.76. The number of piperidine rings is 1. The van der Waals surface area contributed by atoms with Crippen molar-refractivity contribution in [1.29, 1.82) is 0 Å². The van der Waals surface area contributed by atoms with Crippen LogP contribution in [0.25, 0.3) is 10.9 Å². The van der Waals surface area contributed by atoms with Gasteiger partial charge >= 0.3 is 0 Å². The average Bonchev–Trinajstić information content (AvgIpc) is 2.65. The van der Waals surface area contributed by atoms with Crippen LogP contribution in [0.1, 0.15) is 32.4 Å². The third-order valence-corrected chi connectivity index (χ3v) is 4.10. The quantitative estimate of drug-likeness (QED) is 0.771. The molecule has 1 saturated heterocycles. The number of aryl methyl sites for hydroxylation is 1. The van der Waals surface area contributed by atoms with Gasteiger partial charge in [-0.1, -0.05) is 18.2 Å². The molecule has 3 heteroatoms. The highest BCUT2D eigenvalue weighted by atomic mass is 15.0. The number of fused-ring (bicyclic) bond motifs is 1. The van der Waals surface area contributed by atoms with Gasteiger partial charge < -0.3 is 15.6 Å². The fraction of sp³-hybridized carbons (Fsp3) is 0.500. The molecule has 1 aromatic heterocycles. The molecule has 2 heterocycles. The minimum atomic E-state index is 0.232. The molecule has 1 aliphatic heterocycles. The zero-order valence-corrected chi connectivity index (χ0v) is 12.0. The minimum absolute atomic E-state index is 0.232. The number of rotatable bonds is 2. The molecule has 3 rings (SSSR count). The van der Waals surface area contributed by atoms with Crippen LogP contribution in [0.15, 0.2) is 24.3 Å². The predicted octanol–water partition coefficient (Wildman–Crippen LogP) is 3.42. The summed E-state index contributed by atoms with van der Waals surface area (Å²) in [5, 5.41) is 8.63.